The van der Waals surface area contributed by atoms with Gasteiger partial charge in [-0.3, -0.25) is 24.2 Å². The molecular formula is C26H36N4O4. The summed E-state index contributed by atoms with van der Waals surface area (Å²) in [6.45, 7) is 9.30. The summed E-state index contributed by atoms with van der Waals surface area (Å²) in [5.41, 5.74) is 0.850. The summed E-state index contributed by atoms with van der Waals surface area (Å²) in [6, 6.07) is 6.17. The first-order valence-electron chi connectivity index (χ1n) is 12.4. The van der Waals surface area contributed by atoms with Crippen LogP contribution in [0.5, 0.6) is 5.75 Å². The number of carbonyl (C=O) groups is 3. The van der Waals surface area contributed by atoms with Crippen LogP contribution in [-0.2, 0) is 27.5 Å². The first kappa shape index (κ1) is 23.3. The maximum Gasteiger partial charge on any atom is 0.236 e. The highest BCUT2D eigenvalue weighted by molar-refractivity contribution is 5.96. The van der Waals surface area contributed by atoms with Crippen LogP contribution in [0.1, 0.15) is 37.8 Å². The van der Waals surface area contributed by atoms with Crippen molar-refractivity contribution in [2.75, 3.05) is 59.5 Å². The molecule has 5 fully saturated rings. The number of Topliss-reactive ketones (excluding diaryl/α,β-unsaturated/α-hetero) is 1. The summed E-state index contributed by atoms with van der Waals surface area (Å²) < 4.78 is 5.60. The molecule has 5 aliphatic rings. The number of carbonyl (C=O) groups excluding carboxylic acids is 3. The third-order valence-corrected chi connectivity index (χ3v) is 8.02. The average Bonchev–Trinajstić information content (AvgIpc) is 3.28. The number of likely N-dealkylation sites (tertiary alicyclic amines) is 1. The van der Waals surface area contributed by atoms with Gasteiger partial charge in [-0.2, -0.15) is 0 Å². The van der Waals surface area contributed by atoms with Gasteiger partial charge in [-0.15, -0.1) is 0 Å². The highest BCUT2D eigenvalue weighted by Gasteiger charge is 2.57. The molecule has 0 saturated carbocycles. The fourth-order valence-corrected chi connectivity index (χ4v) is 6.51. The van der Waals surface area contributed by atoms with E-state index in [1.54, 1.807) is 7.11 Å². The minimum atomic E-state index is -0.681. The quantitative estimate of drug-likeness (QED) is 0.650. The monoisotopic (exact) mass is 468 g/mol. The predicted octanol–water partition coefficient (Wildman–Crippen LogP) is 1.37. The van der Waals surface area contributed by atoms with Crippen LogP contribution in [0.4, 0.5) is 0 Å². The Bertz CT molecular complexity index is 949. The first-order chi connectivity index (χ1) is 16.2. The van der Waals surface area contributed by atoms with Crippen molar-refractivity contribution in [2.24, 2.45) is 10.8 Å². The van der Waals surface area contributed by atoms with Crippen molar-refractivity contribution in [1.82, 2.24) is 19.6 Å². The summed E-state index contributed by atoms with van der Waals surface area (Å²) in [7, 11) is 1.70. The van der Waals surface area contributed by atoms with Crippen molar-refractivity contribution in [2.45, 2.75) is 39.8 Å². The molecule has 5 heterocycles. The Kier molecular flexibility index (Phi) is 5.92. The molecule has 2 amide bonds. The number of methoxy groups -OCH3 is 1. The number of ether oxygens (including phenoxy) is 1. The van der Waals surface area contributed by atoms with E-state index in [2.05, 4.69) is 11.0 Å². The summed E-state index contributed by atoms with van der Waals surface area (Å²) in [5.74, 6) is 1.06. The molecule has 0 atom stereocenters. The number of ketones is 1. The maximum atomic E-state index is 13.3. The number of rotatable bonds is 5. The van der Waals surface area contributed by atoms with Crippen LogP contribution >= 0.6 is 0 Å². The fourth-order valence-electron chi connectivity index (χ4n) is 6.51. The molecule has 0 aromatic heterocycles. The van der Waals surface area contributed by atoms with Gasteiger partial charge in [0.2, 0.25) is 11.8 Å². The minimum absolute atomic E-state index is 0.00102. The van der Waals surface area contributed by atoms with Crippen molar-refractivity contribution in [3.05, 3.63) is 29.3 Å². The lowest BCUT2D eigenvalue weighted by molar-refractivity contribution is -0.169. The van der Waals surface area contributed by atoms with E-state index in [9.17, 15) is 14.4 Å². The molecule has 8 nitrogen and oxygen atoms in total. The summed E-state index contributed by atoms with van der Waals surface area (Å²) in [6.07, 6.45) is 2.47. The van der Waals surface area contributed by atoms with E-state index in [4.69, 9.17) is 4.74 Å². The molecule has 0 spiro atoms. The topological polar surface area (TPSA) is 73.4 Å². The molecular weight excluding hydrogens is 432 g/mol. The van der Waals surface area contributed by atoms with E-state index in [-0.39, 0.29) is 30.7 Å². The van der Waals surface area contributed by atoms with E-state index in [1.807, 2.05) is 40.7 Å². The number of amides is 2. The number of nitrogens with zero attached hydrogens (tertiary/aromatic N) is 4. The lowest BCUT2D eigenvalue weighted by atomic mass is 9.64. The number of hydrogen-bond acceptors (Lipinski definition) is 6. The van der Waals surface area contributed by atoms with Gasteiger partial charge in [-0.25, -0.2) is 0 Å². The normalized spacial score (nSPS) is 30.5. The van der Waals surface area contributed by atoms with Crippen molar-refractivity contribution in [3.8, 4) is 5.75 Å². The zero-order valence-electron chi connectivity index (χ0n) is 20.6. The highest BCUT2D eigenvalue weighted by atomic mass is 16.5. The third-order valence-electron chi connectivity index (χ3n) is 8.02. The fraction of sp³-hybridized carbons (Fsp3) is 0.654. The van der Waals surface area contributed by atoms with E-state index in [1.165, 1.54) is 12.8 Å². The zero-order valence-corrected chi connectivity index (χ0v) is 20.6. The van der Waals surface area contributed by atoms with E-state index < -0.39 is 10.8 Å². The average molecular weight is 469 g/mol. The number of fused-ring (bicyclic) bond motifs is 4. The Morgan fingerprint density at radius 1 is 0.824 bits per heavy atom. The number of hydrogen-bond donors (Lipinski definition) is 0. The SMILES string of the molecule is COc1ccc(CN2CC(=O)N3CC4(C)CN(CC(C)(C3)C4=O)C(=O)C2)cc1CN1CCCC1. The summed E-state index contributed by atoms with van der Waals surface area (Å²) in [4.78, 5) is 47.8. The van der Waals surface area contributed by atoms with Gasteiger partial charge in [-0.1, -0.05) is 6.07 Å². The van der Waals surface area contributed by atoms with Crippen molar-refractivity contribution in [3.63, 3.8) is 0 Å². The standard InChI is InChI=1S/C26H36N4O4/c1-25-15-29-17-26(2,24(25)33)18-30(16-25)23(32)14-28(13-22(29)31)11-19-6-7-21(34-3)20(10-19)12-27-8-4-5-9-27/h6-7,10H,4-5,8-9,11-18H2,1-3H3. The summed E-state index contributed by atoms with van der Waals surface area (Å²) >= 11 is 0. The second-order valence-electron chi connectivity index (χ2n) is 11.2. The number of benzene rings is 1. The van der Waals surface area contributed by atoms with Crippen LogP contribution in [0.2, 0.25) is 0 Å². The molecule has 8 heteroatoms. The molecule has 5 saturated heterocycles. The second-order valence-corrected chi connectivity index (χ2v) is 11.2. The second kappa shape index (κ2) is 8.64. The molecule has 6 rings (SSSR count). The summed E-state index contributed by atoms with van der Waals surface area (Å²) in [5, 5.41) is 0. The smallest absolute Gasteiger partial charge is 0.236 e. The van der Waals surface area contributed by atoms with Gasteiger partial charge in [0.15, 0.2) is 5.78 Å². The van der Waals surface area contributed by atoms with E-state index >= 15 is 0 Å². The van der Waals surface area contributed by atoms with Gasteiger partial charge in [0.05, 0.1) is 31.0 Å². The Morgan fingerprint density at radius 2 is 1.38 bits per heavy atom. The van der Waals surface area contributed by atoms with Crippen LogP contribution in [0.15, 0.2) is 18.2 Å². The van der Waals surface area contributed by atoms with Gasteiger partial charge in [0.25, 0.3) is 0 Å². The maximum absolute atomic E-state index is 13.3. The molecule has 1 aromatic carbocycles. The van der Waals surface area contributed by atoms with Crippen molar-refractivity contribution >= 4 is 17.6 Å². The molecule has 4 bridgehead atoms. The van der Waals surface area contributed by atoms with Crippen LogP contribution in [0.25, 0.3) is 0 Å². The van der Waals surface area contributed by atoms with Crippen LogP contribution in [0.3, 0.4) is 0 Å². The molecule has 0 radical (unpaired) electrons. The minimum Gasteiger partial charge on any atom is -0.496 e. The largest absolute Gasteiger partial charge is 0.496 e. The predicted molar refractivity (Wildman–Crippen MR) is 127 cm³/mol. The lowest BCUT2D eigenvalue weighted by Crippen LogP contribution is -2.71. The van der Waals surface area contributed by atoms with E-state index in [0.717, 1.165) is 36.5 Å². The van der Waals surface area contributed by atoms with Crippen molar-refractivity contribution in [1.29, 1.82) is 0 Å². The van der Waals surface area contributed by atoms with Gasteiger partial charge in [0, 0.05) is 44.8 Å². The first-order valence-corrected chi connectivity index (χ1v) is 12.4. The Hall–Kier alpha value is -2.45. The molecule has 5 aliphatic heterocycles. The molecule has 0 N–H and O–H groups in total. The highest BCUT2D eigenvalue weighted by Crippen LogP contribution is 2.42. The number of piperidine rings is 2. The Balaban J connectivity index is 1.37. The van der Waals surface area contributed by atoms with Crippen molar-refractivity contribution < 1.29 is 19.1 Å². The molecule has 0 aliphatic carbocycles. The van der Waals surface area contributed by atoms with Gasteiger partial charge in [-0.05, 0) is 57.5 Å². The molecule has 184 valence electrons. The molecule has 0 unspecified atom stereocenters. The van der Waals surface area contributed by atoms with Gasteiger partial charge >= 0.3 is 0 Å². The van der Waals surface area contributed by atoms with Crippen LogP contribution < -0.4 is 4.74 Å². The molecule has 1 aromatic rings. The Labute approximate surface area is 201 Å². The van der Waals surface area contributed by atoms with Gasteiger partial charge < -0.3 is 14.5 Å². The third kappa shape index (κ3) is 4.22. The molecule has 34 heavy (non-hydrogen) atoms. The van der Waals surface area contributed by atoms with Gasteiger partial charge in [0.1, 0.15) is 5.75 Å². The van der Waals surface area contributed by atoms with Crippen LogP contribution in [-0.4, -0.2) is 96.7 Å². The van der Waals surface area contributed by atoms with Crippen LogP contribution in [0, 0.1) is 10.8 Å². The van der Waals surface area contributed by atoms with E-state index in [0.29, 0.717) is 32.7 Å². The zero-order chi connectivity index (χ0) is 24.1. The lowest BCUT2D eigenvalue weighted by Gasteiger charge is -2.56. The Morgan fingerprint density at radius 3 is 1.91 bits per heavy atom.